The molecule has 0 heterocycles. The van der Waals surface area contributed by atoms with E-state index in [0.717, 1.165) is 11.1 Å². The molecule has 6 heteroatoms. The summed E-state index contributed by atoms with van der Waals surface area (Å²) in [5.41, 5.74) is 2.26. The van der Waals surface area contributed by atoms with E-state index in [-0.39, 0.29) is 11.6 Å². The van der Waals surface area contributed by atoms with Gasteiger partial charge in [-0.05, 0) is 66.0 Å². The Kier molecular flexibility index (Phi) is 7.13. The number of ketones is 2. The Morgan fingerprint density at radius 2 is 1.39 bits per heavy atom. The van der Waals surface area contributed by atoms with E-state index in [1.54, 1.807) is 52.7 Å². The van der Waals surface area contributed by atoms with Gasteiger partial charge in [0.05, 0.1) is 34.4 Å². The quantitative estimate of drug-likeness (QED) is 0.465. The Balaban J connectivity index is 1.73. The van der Waals surface area contributed by atoms with Gasteiger partial charge in [0.25, 0.3) is 0 Å². The van der Waals surface area contributed by atoms with Gasteiger partial charge >= 0.3 is 0 Å². The lowest BCUT2D eigenvalue weighted by Gasteiger charge is -2.08. The second-order valence-electron chi connectivity index (χ2n) is 7.09. The lowest BCUT2D eigenvalue weighted by Crippen LogP contribution is -2.17. The van der Waals surface area contributed by atoms with Crippen molar-refractivity contribution in [3.05, 3.63) is 59.2 Å². The van der Waals surface area contributed by atoms with E-state index in [0.29, 0.717) is 41.4 Å². The van der Waals surface area contributed by atoms with Crippen molar-refractivity contribution >= 4 is 23.7 Å². The maximum atomic E-state index is 12.8. The van der Waals surface area contributed by atoms with E-state index in [1.807, 2.05) is 24.3 Å². The highest BCUT2D eigenvalue weighted by Crippen LogP contribution is 2.33. The molecule has 0 aromatic heterocycles. The third-order valence-corrected chi connectivity index (χ3v) is 5.27. The van der Waals surface area contributed by atoms with Crippen LogP contribution in [0.2, 0.25) is 0 Å². The van der Waals surface area contributed by atoms with Gasteiger partial charge in [-0.2, -0.15) is 0 Å². The minimum atomic E-state index is -0.650. The predicted molar refractivity (Wildman–Crippen MR) is 119 cm³/mol. The summed E-state index contributed by atoms with van der Waals surface area (Å²) in [5.74, 6) is 1.43. The summed E-state index contributed by atoms with van der Waals surface area (Å²) in [5, 5.41) is 0. The monoisotopic (exact) mass is 422 g/mol. The molecule has 0 amide bonds. The first kappa shape index (κ1) is 22.2. The fourth-order valence-corrected chi connectivity index (χ4v) is 3.59. The van der Waals surface area contributed by atoms with Crippen molar-refractivity contribution in [1.29, 1.82) is 0 Å². The Labute approximate surface area is 182 Å². The molecule has 0 spiro atoms. The SMILES string of the molecule is COc1ccc(/C=C/C(=O)C2CC/C(=C\c3ccc(OC)c(OC)c3)C2=O)cc1OC. The number of Topliss-reactive ketones (excluding diaryl/α,β-unsaturated/α-hetero) is 1. The molecule has 0 N–H and O–H groups in total. The number of hydrogen-bond acceptors (Lipinski definition) is 6. The van der Waals surface area contributed by atoms with Crippen LogP contribution in [-0.4, -0.2) is 40.0 Å². The van der Waals surface area contributed by atoms with Crippen molar-refractivity contribution in [3.63, 3.8) is 0 Å². The molecule has 1 saturated carbocycles. The molecule has 0 saturated heterocycles. The third kappa shape index (κ3) is 4.97. The van der Waals surface area contributed by atoms with Crippen LogP contribution in [0.15, 0.2) is 48.0 Å². The second kappa shape index (κ2) is 9.98. The molecule has 2 aromatic rings. The highest BCUT2D eigenvalue weighted by atomic mass is 16.5. The molecule has 162 valence electrons. The summed E-state index contributed by atoms with van der Waals surface area (Å²) < 4.78 is 21.1. The van der Waals surface area contributed by atoms with Gasteiger partial charge in [-0.1, -0.05) is 18.2 Å². The molecule has 2 aromatic carbocycles. The largest absolute Gasteiger partial charge is 0.493 e. The molecule has 0 aliphatic heterocycles. The van der Waals surface area contributed by atoms with Gasteiger partial charge in [0.15, 0.2) is 34.6 Å². The van der Waals surface area contributed by atoms with E-state index in [9.17, 15) is 9.59 Å². The van der Waals surface area contributed by atoms with E-state index >= 15 is 0 Å². The molecular weight excluding hydrogens is 396 g/mol. The fraction of sp³-hybridized carbons (Fsp3) is 0.280. The van der Waals surface area contributed by atoms with E-state index < -0.39 is 5.92 Å². The smallest absolute Gasteiger partial charge is 0.169 e. The standard InChI is InChI=1S/C25H26O6/c1-28-21-11-6-16(14-23(21)30-3)5-10-20(26)19-9-8-18(25(19)27)13-17-7-12-22(29-2)24(15-17)31-4/h5-7,10-15,19H,8-9H2,1-4H3/b10-5+,18-13+. The normalized spacial score (nSPS) is 17.2. The van der Waals surface area contributed by atoms with Crippen LogP contribution >= 0.6 is 0 Å². The first-order valence-electron chi connectivity index (χ1n) is 9.91. The molecule has 1 aliphatic carbocycles. The summed E-state index contributed by atoms with van der Waals surface area (Å²) in [6.45, 7) is 0. The molecule has 0 bridgehead atoms. The summed E-state index contributed by atoms with van der Waals surface area (Å²) in [6.07, 6.45) is 6.03. The lowest BCUT2D eigenvalue weighted by molar-refractivity contribution is -0.126. The fourth-order valence-electron chi connectivity index (χ4n) is 3.59. The van der Waals surface area contributed by atoms with Crippen LogP contribution in [0.25, 0.3) is 12.2 Å². The average molecular weight is 422 g/mol. The maximum Gasteiger partial charge on any atom is 0.169 e. The van der Waals surface area contributed by atoms with Gasteiger partial charge < -0.3 is 18.9 Å². The first-order chi connectivity index (χ1) is 15.0. The van der Waals surface area contributed by atoms with Crippen molar-refractivity contribution in [1.82, 2.24) is 0 Å². The van der Waals surface area contributed by atoms with Crippen molar-refractivity contribution < 1.29 is 28.5 Å². The van der Waals surface area contributed by atoms with E-state index in [4.69, 9.17) is 18.9 Å². The summed E-state index contributed by atoms with van der Waals surface area (Å²) in [4.78, 5) is 25.5. The number of allylic oxidation sites excluding steroid dienone is 2. The zero-order valence-corrected chi connectivity index (χ0v) is 18.1. The minimum Gasteiger partial charge on any atom is -0.493 e. The molecule has 1 fully saturated rings. The Hall–Kier alpha value is -3.54. The van der Waals surface area contributed by atoms with Crippen LogP contribution < -0.4 is 18.9 Å². The van der Waals surface area contributed by atoms with Crippen LogP contribution in [-0.2, 0) is 9.59 Å². The van der Waals surface area contributed by atoms with Crippen molar-refractivity contribution in [2.24, 2.45) is 5.92 Å². The second-order valence-corrected chi connectivity index (χ2v) is 7.09. The predicted octanol–water partition coefficient (Wildman–Crippen LogP) is 4.37. The molecule has 1 atom stereocenters. The number of hydrogen-bond donors (Lipinski definition) is 0. The van der Waals surface area contributed by atoms with Crippen LogP contribution in [0.1, 0.15) is 24.0 Å². The highest BCUT2D eigenvalue weighted by Gasteiger charge is 2.33. The number of methoxy groups -OCH3 is 4. The van der Waals surface area contributed by atoms with Crippen LogP contribution in [0.4, 0.5) is 0 Å². The van der Waals surface area contributed by atoms with Gasteiger partial charge in [-0.15, -0.1) is 0 Å². The Morgan fingerprint density at radius 3 is 1.97 bits per heavy atom. The maximum absolute atomic E-state index is 12.8. The van der Waals surface area contributed by atoms with Crippen molar-refractivity contribution in [3.8, 4) is 23.0 Å². The number of benzene rings is 2. The van der Waals surface area contributed by atoms with Gasteiger partial charge in [0.1, 0.15) is 0 Å². The topological polar surface area (TPSA) is 71.1 Å². The molecule has 3 rings (SSSR count). The van der Waals surface area contributed by atoms with Crippen LogP contribution in [0.3, 0.4) is 0 Å². The number of carbonyl (C=O) groups excluding carboxylic acids is 2. The molecule has 31 heavy (non-hydrogen) atoms. The van der Waals surface area contributed by atoms with Gasteiger partial charge in [0.2, 0.25) is 0 Å². The first-order valence-corrected chi connectivity index (χ1v) is 9.91. The van der Waals surface area contributed by atoms with E-state index in [1.165, 1.54) is 6.08 Å². The Morgan fingerprint density at radius 1 is 0.839 bits per heavy atom. The third-order valence-electron chi connectivity index (χ3n) is 5.27. The Bertz CT molecular complexity index is 1030. The minimum absolute atomic E-state index is 0.128. The molecule has 0 radical (unpaired) electrons. The number of carbonyl (C=O) groups is 2. The van der Waals surface area contributed by atoms with E-state index in [2.05, 4.69) is 0 Å². The lowest BCUT2D eigenvalue weighted by atomic mass is 9.99. The van der Waals surface area contributed by atoms with Gasteiger partial charge in [0, 0.05) is 0 Å². The highest BCUT2D eigenvalue weighted by molar-refractivity contribution is 6.17. The zero-order chi connectivity index (χ0) is 22.4. The van der Waals surface area contributed by atoms with Crippen molar-refractivity contribution in [2.45, 2.75) is 12.8 Å². The molecule has 1 unspecified atom stereocenters. The molecule has 6 nitrogen and oxygen atoms in total. The van der Waals surface area contributed by atoms with Gasteiger partial charge in [-0.3, -0.25) is 9.59 Å². The summed E-state index contributed by atoms with van der Waals surface area (Å²) in [7, 11) is 6.26. The zero-order valence-electron chi connectivity index (χ0n) is 18.1. The van der Waals surface area contributed by atoms with Gasteiger partial charge in [-0.25, -0.2) is 0 Å². The average Bonchev–Trinajstić information content (AvgIpc) is 3.16. The van der Waals surface area contributed by atoms with Crippen LogP contribution in [0, 0.1) is 5.92 Å². The molecular formula is C25H26O6. The summed E-state index contributed by atoms with van der Waals surface area (Å²) in [6, 6.07) is 10.8. The van der Waals surface area contributed by atoms with Crippen LogP contribution in [0.5, 0.6) is 23.0 Å². The number of ether oxygens (including phenoxy) is 4. The van der Waals surface area contributed by atoms with Crippen molar-refractivity contribution in [2.75, 3.05) is 28.4 Å². The number of rotatable bonds is 8. The summed E-state index contributed by atoms with van der Waals surface area (Å²) >= 11 is 0. The molecule has 1 aliphatic rings.